The van der Waals surface area contributed by atoms with E-state index >= 15 is 0 Å². The summed E-state index contributed by atoms with van der Waals surface area (Å²) in [4.78, 5) is 0. The molecule has 2 nitrogen and oxygen atoms in total. The Balaban J connectivity index is 2.29. The molecule has 1 aliphatic rings. The third-order valence-corrected chi connectivity index (χ3v) is 3.52. The van der Waals surface area contributed by atoms with Gasteiger partial charge in [-0.25, -0.2) is 4.39 Å². The normalized spacial score (nSPS) is 18.6. The Hall–Kier alpha value is -0.640. The fourth-order valence-electron chi connectivity index (χ4n) is 2.01. The van der Waals surface area contributed by atoms with Gasteiger partial charge in [0.25, 0.3) is 0 Å². The van der Waals surface area contributed by atoms with E-state index in [2.05, 4.69) is 5.43 Å². The van der Waals surface area contributed by atoms with E-state index < -0.39 is 0 Å². The molecule has 1 fully saturated rings. The van der Waals surface area contributed by atoms with E-state index in [1.807, 2.05) is 6.07 Å². The molecule has 0 amide bonds. The van der Waals surface area contributed by atoms with E-state index in [0.29, 0.717) is 5.92 Å². The number of nitrogens with two attached hydrogens (primary N) is 1. The fourth-order valence-corrected chi connectivity index (χ4v) is 2.26. The van der Waals surface area contributed by atoms with Crippen molar-refractivity contribution in [3.8, 4) is 0 Å². The van der Waals surface area contributed by atoms with Gasteiger partial charge in [0.1, 0.15) is 5.82 Å². The Morgan fingerprint density at radius 2 is 2.20 bits per heavy atom. The smallest absolute Gasteiger partial charge is 0.142 e. The number of hydrogen-bond acceptors (Lipinski definition) is 2. The van der Waals surface area contributed by atoms with Crippen molar-refractivity contribution >= 4 is 11.6 Å². The van der Waals surface area contributed by atoms with Gasteiger partial charge in [-0.2, -0.15) is 0 Å². The fraction of sp³-hybridized carbons (Fsp3) is 0.455. The Morgan fingerprint density at radius 1 is 1.47 bits per heavy atom. The van der Waals surface area contributed by atoms with Crippen LogP contribution >= 0.6 is 11.6 Å². The van der Waals surface area contributed by atoms with Gasteiger partial charge in [0.05, 0.1) is 11.1 Å². The average molecular weight is 229 g/mol. The van der Waals surface area contributed by atoms with E-state index in [1.54, 1.807) is 6.07 Å². The molecular weight excluding hydrogens is 215 g/mol. The van der Waals surface area contributed by atoms with E-state index in [9.17, 15) is 4.39 Å². The minimum Gasteiger partial charge on any atom is -0.271 e. The molecule has 1 atom stereocenters. The molecule has 0 bridgehead atoms. The van der Waals surface area contributed by atoms with Gasteiger partial charge in [0.15, 0.2) is 0 Å². The molecule has 1 aromatic carbocycles. The molecule has 2 rings (SSSR count). The summed E-state index contributed by atoms with van der Waals surface area (Å²) in [5.41, 5.74) is 3.50. The first-order chi connectivity index (χ1) is 7.24. The van der Waals surface area contributed by atoms with Crippen LogP contribution in [0.25, 0.3) is 0 Å². The lowest BCUT2D eigenvalue weighted by Crippen LogP contribution is -2.36. The lowest BCUT2D eigenvalue weighted by atomic mass is 9.77. The van der Waals surface area contributed by atoms with Crippen molar-refractivity contribution in [2.24, 2.45) is 11.8 Å². The summed E-state index contributed by atoms with van der Waals surface area (Å²) in [5, 5.41) is 0.187. The molecule has 15 heavy (non-hydrogen) atoms. The number of hydrogen-bond donors (Lipinski definition) is 2. The van der Waals surface area contributed by atoms with E-state index in [0.717, 1.165) is 18.4 Å². The van der Waals surface area contributed by atoms with Crippen LogP contribution in [-0.4, -0.2) is 0 Å². The van der Waals surface area contributed by atoms with Crippen LogP contribution < -0.4 is 11.3 Å². The molecule has 0 aliphatic heterocycles. The Labute approximate surface area is 93.6 Å². The third-order valence-electron chi connectivity index (χ3n) is 3.12. The predicted molar refractivity (Wildman–Crippen MR) is 58.8 cm³/mol. The lowest BCUT2D eigenvalue weighted by Gasteiger charge is -2.34. The van der Waals surface area contributed by atoms with Gasteiger partial charge >= 0.3 is 0 Å². The highest BCUT2D eigenvalue weighted by Crippen LogP contribution is 2.39. The van der Waals surface area contributed by atoms with Crippen molar-refractivity contribution in [3.05, 3.63) is 34.6 Å². The molecule has 1 saturated carbocycles. The molecular formula is C11H14ClFN2. The Kier molecular flexibility index (Phi) is 3.24. The Morgan fingerprint density at radius 3 is 2.73 bits per heavy atom. The highest BCUT2D eigenvalue weighted by Gasteiger charge is 2.29. The van der Waals surface area contributed by atoms with Gasteiger partial charge in [-0.3, -0.25) is 11.3 Å². The van der Waals surface area contributed by atoms with E-state index in [-0.39, 0.29) is 16.9 Å². The van der Waals surface area contributed by atoms with Crippen LogP contribution in [0.15, 0.2) is 18.2 Å². The molecule has 0 spiro atoms. The van der Waals surface area contributed by atoms with Crippen molar-refractivity contribution in [2.75, 3.05) is 0 Å². The molecule has 0 saturated heterocycles. The molecule has 82 valence electrons. The van der Waals surface area contributed by atoms with Crippen LogP contribution in [0.4, 0.5) is 4.39 Å². The summed E-state index contributed by atoms with van der Waals surface area (Å²) in [6, 6.07) is 4.83. The highest BCUT2D eigenvalue weighted by molar-refractivity contribution is 6.31. The number of halogens is 2. The van der Waals surface area contributed by atoms with Gasteiger partial charge in [-0.1, -0.05) is 30.2 Å². The molecule has 0 aromatic heterocycles. The zero-order chi connectivity index (χ0) is 10.8. The van der Waals surface area contributed by atoms with Gasteiger partial charge in [-0.05, 0) is 30.4 Å². The van der Waals surface area contributed by atoms with Crippen molar-refractivity contribution < 1.29 is 4.39 Å². The first-order valence-corrected chi connectivity index (χ1v) is 5.52. The van der Waals surface area contributed by atoms with Crippen LogP contribution in [0.2, 0.25) is 5.02 Å². The average Bonchev–Trinajstić information content (AvgIpc) is 2.16. The summed E-state index contributed by atoms with van der Waals surface area (Å²) in [7, 11) is 0. The third kappa shape index (κ3) is 2.00. The standard InChI is InChI=1S/C11H14ClFN2/c12-10-8(5-2-6-9(10)13)11(15-14)7-3-1-4-7/h2,5-7,11,15H,1,3-4,14H2. The Bertz CT molecular complexity index is 352. The second-order valence-electron chi connectivity index (χ2n) is 3.98. The van der Waals surface area contributed by atoms with Crippen molar-refractivity contribution in [3.63, 3.8) is 0 Å². The molecule has 1 unspecified atom stereocenters. The maximum Gasteiger partial charge on any atom is 0.142 e. The number of benzene rings is 1. The number of hydrazine groups is 1. The zero-order valence-corrected chi connectivity index (χ0v) is 9.10. The van der Waals surface area contributed by atoms with Crippen LogP contribution in [0.1, 0.15) is 30.9 Å². The molecule has 0 heterocycles. The van der Waals surface area contributed by atoms with Gasteiger partial charge < -0.3 is 0 Å². The van der Waals surface area contributed by atoms with Gasteiger partial charge in [0.2, 0.25) is 0 Å². The van der Waals surface area contributed by atoms with Crippen LogP contribution in [-0.2, 0) is 0 Å². The summed E-state index contributed by atoms with van der Waals surface area (Å²) in [6.45, 7) is 0. The molecule has 1 aliphatic carbocycles. The molecule has 3 N–H and O–H groups in total. The quantitative estimate of drug-likeness (QED) is 0.617. The van der Waals surface area contributed by atoms with Gasteiger partial charge in [-0.15, -0.1) is 0 Å². The molecule has 0 radical (unpaired) electrons. The highest BCUT2D eigenvalue weighted by atomic mass is 35.5. The molecule has 1 aromatic rings. The summed E-state index contributed by atoms with van der Waals surface area (Å²) >= 11 is 5.92. The topological polar surface area (TPSA) is 38.0 Å². The number of nitrogens with one attached hydrogen (secondary N) is 1. The van der Waals surface area contributed by atoms with Crippen LogP contribution in [0, 0.1) is 11.7 Å². The second kappa shape index (κ2) is 4.47. The maximum absolute atomic E-state index is 13.3. The minimum atomic E-state index is -0.381. The summed E-state index contributed by atoms with van der Waals surface area (Å²) in [6.07, 6.45) is 3.47. The summed E-state index contributed by atoms with van der Waals surface area (Å²) < 4.78 is 13.3. The summed E-state index contributed by atoms with van der Waals surface area (Å²) in [5.74, 6) is 5.60. The second-order valence-corrected chi connectivity index (χ2v) is 4.36. The maximum atomic E-state index is 13.3. The lowest BCUT2D eigenvalue weighted by molar-refractivity contribution is 0.232. The minimum absolute atomic E-state index is 0.0260. The predicted octanol–water partition coefficient (Wildman–Crippen LogP) is 2.78. The van der Waals surface area contributed by atoms with E-state index in [4.69, 9.17) is 17.4 Å². The van der Waals surface area contributed by atoms with Crippen LogP contribution in [0.5, 0.6) is 0 Å². The number of rotatable bonds is 3. The van der Waals surface area contributed by atoms with Crippen molar-refractivity contribution in [1.29, 1.82) is 0 Å². The monoisotopic (exact) mass is 228 g/mol. The SMILES string of the molecule is NNC(c1cccc(F)c1Cl)C1CCC1. The largest absolute Gasteiger partial charge is 0.271 e. The first kappa shape index (κ1) is 10.9. The van der Waals surface area contributed by atoms with Gasteiger partial charge in [0, 0.05) is 0 Å². The zero-order valence-electron chi connectivity index (χ0n) is 8.34. The van der Waals surface area contributed by atoms with Crippen molar-refractivity contribution in [1.82, 2.24) is 5.43 Å². The van der Waals surface area contributed by atoms with Crippen LogP contribution in [0.3, 0.4) is 0 Å². The first-order valence-electron chi connectivity index (χ1n) is 5.14. The van der Waals surface area contributed by atoms with Crippen molar-refractivity contribution in [2.45, 2.75) is 25.3 Å². The molecule has 4 heteroatoms. The van der Waals surface area contributed by atoms with E-state index in [1.165, 1.54) is 12.5 Å².